The van der Waals surface area contributed by atoms with E-state index in [0.717, 1.165) is 36.6 Å². The third-order valence-corrected chi connectivity index (χ3v) is 11.4. The van der Waals surface area contributed by atoms with Gasteiger partial charge < -0.3 is 46.3 Å². The van der Waals surface area contributed by atoms with Gasteiger partial charge in [-0.05, 0) is 68.2 Å². The topological polar surface area (TPSA) is 276 Å². The number of ether oxygens (including phenoxy) is 3. The summed E-state index contributed by atoms with van der Waals surface area (Å²) in [6.07, 6.45) is 2.52. The average molecular weight is 958 g/mol. The number of benzene rings is 3. The first kappa shape index (κ1) is 56.4. The highest BCUT2D eigenvalue weighted by molar-refractivity contribution is 5.94. The Hall–Kier alpha value is -6.95. The number of nitrogens with two attached hydrogens (primary N) is 1. The molecule has 1 aliphatic rings. The molecule has 4 amide bonds. The monoisotopic (exact) mass is 957 g/mol. The number of aliphatic carboxylic acids is 1. The van der Waals surface area contributed by atoms with Gasteiger partial charge in [0.25, 0.3) is 0 Å². The van der Waals surface area contributed by atoms with E-state index in [1.165, 1.54) is 7.11 Å². The zero-order valence-corrected chi connectivity index (χ0v) is 39.7. The van der Waals surface area contributed by atoms with Crippen molar-refractivity contribution in [2.24, 2.45) is 23.5 Å². The number of carboxylic acid groups (broad SMARTS) is 1. The summed E-state index contributed by atoms with van der Waals surface area (Å²) in [6, 6.07) is 24.2. The summed E-state index contributed by atoms with van der Waals surface area (Å²) >= 11 is 0. The van der Waals surface area contributed by atoms with Crippen molar-refractivity contribution in [1.29, 1.82) is 0 Å². The van der Waals surface area contributed by atoms with E-state index in [1.54, 1.807) is 0 Å². The number of hydrogen-bond donors (Lipinski definition) is 6. The number of rotatable bonds is 20. The molecule has 0 radical (unpaired) electrons. The molecule has 7 N–H and O–H groups in total. The Morgan fingerprint density at radius 3 is 2.01 bits per heavy atom. The van der Waals surface area contributed by atoms with E-state index in [9.17, 15) is 43.2 Å². The fraction of sp³-hybridized carbons (Fsp3) is 0.471. The van der Waals surface area contributed by atoms with E-state index in [1.807, 2.05) is 97.9 Å². The van der Waals surface area contributed by atoms with Crippen LogP contribution >= 0.6 is 0 Å². The Morgan fingerprint density at radius 2 is 1.42 bits per heavy atom. The largest absolute Gasteiger partial charge is 0.481 e. The molecular formula is C51H67N5O13. The first-order chi connectivity index (χ1) is 33.1. The molecule has 3 aromatic rings. The molecule has 1 aliphatic heterocycles. The minimum Gasteiger partial charge on any atom is -0.481 e. The van der Waals surface area contributed by atoms with Crippen LogP contribution < -0.4 is 27.0 Å². The van der Waals surface area contributed by atoms with Crippen molar-refractivity contribution >= 4 is 53.3 Å². The highest BCUT2D eigenvalue weighted by atomic mass is 16.5. The Labute approximate surface area is 403 Å². The molecule has 3 aromatic carbocycles. The number of esters is 2. The van der Waals surface area contributed by atoms with Crippen molar-refractivity contribution in [3.8, 4) is 0 Å². The van der Waals surface area contributed by atoms with E-state index < -0.39 is 78.1 Å². The average Bonchev–Trinajstić information content (AvgIpc) is 3.34. The van der Waals surface area contributed by atoms with E-state index in [-0.39, 0.29) is 49.8 Å². The molecule has 18 heteroatoms. The summed E-state index contributed by atoms with van der Waals surface area (Å²) in [5.41, 5.74) is 8.00. The van der Waals surface area contributed by atoms with Crippen molar-refractivity contribution in [3.63, 3.8) is 0 Å². The first-order valence-corrected chi connectivity index (χ1v) is 23.2. The lowest BCUT2D eigenvalue weighted by atomic mass is 9.87. The van der Waals surface area contributed by atoms with Crippen LogP contribution in [0.2, 0.25) is 0 Å². The highest BCUT2D eigenvalue weighted by Crippen LogP contribution is 2.21. The van der Waals surface area contributed by atoms with Crippen LogP contribution in [0.1, 0.15) is 87.8 Å². The number of methoxy groups -OCH3 is 2. The van der Waals surface area contributed by atoms with Crippen LogP contribution in [0.4, 0.5) is 4.79 Å². The lowest BCUT2D eigenvalue weighted by molar-refractivity contribution is -0.150. The number of hydrogen-bond acceptors (Lipinski definition) is 13. The molecule has 0 saturated carbocycles. The molecule has 0 aliphatic carbocycles. The third-order valence-electron chi connectivity index (χ3n) is 11.4. The number of carbonyl (C=O) groups is 9. The van der Waals surface area contributed by atoms with Crippen LogP contribution in [0.25, 0.3) is 0 Å². The molecule has 1 heterocycles. The molecule has 0 bridgehead atoms. The van der Waals surface area contributed by atoms with Gasteiger partial charge in [0.15, 0.2) is 5.78 Å². The Kier molecular flexibility index (Phi) is 25.5. The van der Waals surface area contributed by atoms with Crippen LogP contribution in [-0.4, -0.2) is 104 Å². The van der Waals surface area contributed by atoms with Crippen molar-refractivity contribution in [2.45, 2.75) is 109 Å². The number of unbranched alkanes of at least 4 members (excludes halogenated alkanes) is 1. The first-order valence-electron chi connectivity index (χ1n) is 23.2. The number of ketones is 2. The van der Waals surface area contributed by atoms with Crippen LogP contribution in [0, 0.1) is 17.8 Å². The zero-order valence-electron chi connectivity index (χ0n) is 39.7. The van der Waals surface area contributed by atoms with Crippen LogP contribution in [0.15, 0.2) is 91.0 Å². The second-order valence-electron chi connectivity index (χ2n) is 16.9. The molecular weight excluding hydrogens is 891 g/mol. The molecule has 4 rings (SSSR count). The van der Waals surface area contributed by atoms with E-state index in [4.69, 9.17) is 20.3 Å². The van der Waals surface area contributed by atoms with Gasteiger partial charge in [-0.3, -0.25) is 28.8 Å². The lowest BCUT2D eigenvalue weighted by Crippen LogP contribution is -2.49. The molecule has 0 aromatic heterocycles. The highest BCUT2D eigenvalue weighted by Gasteiger charge is 2.33. The maximum Gasteiger partial charge on any atom is 0.408 e. The molecule has 69 heavy (non-hydrogen) atoms. The summed E-state index contributed by atoms with van der Waals surface area (Å²) < 4.78 is 14.7. The van der Waals surface area contributed by atoms with Crippen LogP contribution in [0.5, 0.6) is 0 Å². The molecule has 6 atom stereocenters. The van der Waals surface area contributed by atoms with Crippen LogP contribution in [-0.2, 0) is 72.0 Å². The van der Waals surface area contributed by atoms with E-state index in [0.29, 0.717) is 45.2 Å². The van der Waals surface area contributed by atoms with Gasteiger partial charge in [0, 0.05) is 37.1 Å². The minimum absolute atomic E-state index is 0.00544. The number of amides is 4. The third kappa shape index (κ3) is 21.7. The Morgan fingerprint density at radius 1 is 0.797 bits per heavy atom. The van der Waals surface area contributed by atoms with Gasteiger partial charge in [-0.1, -0.05) is 104 Å². The fourth-order valence-electron chi connectivity index (χ4n) is 7.50. The number of Topliss-reactive ketones (excluding diaryl/α,β-unsaturated/α-hetero) is 2. The number of nitrogens with one attached hydrogen (secondary N) is 4. The Balaban J connectivity index is 0.000000379. The van der Waals surface area contributed by atoms with Gasteiger partial charge in [0.05, 0.1) is 33.1 Å². The van der Waals surface area contributed by atoms with Gasteiger partial charge >= 0.3 is 24.0 Å². The molecule has 1 fully saturated rings. The SMILES string of the molecule is COC(=O)[C@@H]1CC(=O)NCCCC[C@H](NC(=O)OCc2ccccc2)C(=O)C[C@@H](Cc2ccccc2)C(=O)N1.COC(=O)[C@H](CC(=O)O)NC(=O)[C@@H](CC(=O)[C@@H](C)CCCCN)Cc1ccccc1. The van der Waals surface area contributed by atoms with E-state index >= 15 is 0 Å². The quantitative estimate of drug-likeness (QED) is 0.0528. The second-order valence-corrected chi connectivity index (χ2v) is 16.9. The van der Waals surface area contributed by atoms with Gasteiger partial charge in [-0.15, -0.1) is 0 Å². The summed E-state index contributed by atoms with van der Waals surface area (Å²) in [7, 11) is 2.30. The second kappa shape index (κ2) is 31.2. The van der Waals surface area contributed by atoms with Crippen LogP contribution in [0.3, 0.4) is 0 Å². The number of carboxylic acids is 1. The lowest BCUT2D eigenvalue weighted by Gasteiger charge is -2.24. The molecule has 0 spiro atoms. The summed E-state index contributed by atoms with van der Waals surface area (Å²) in [5, 5.41) is 19.4. The summed E-state index contributed by atoms with van der Waals surface area (Å²) in [5.74, 6) is -6.49. The smallest absolute Gasteiger partial charge is 0.408 e. The van der Waals surface area contributed by atoms with Gasteiger partial charge in [-0.2, -0.15) is 0 Å². The summed E-state index contributed by atoms with van der Waals surface area (Å²) in [6.45, 7) is 2.76. The maximum absolute atomic E-state index is 13.5. The number of carbonyl (C=O) groups excluding carboxylic acids is 8. The molecule has 0 unspecified atom stereocenters. The van der Waals surface area contributed by atoms with Gasteiger partial charge in [-0.25, -0.2) is 14.4 Å². The van der Waals surface area contributed by atoms with E-state index in [2.05, 4.69) is 26.0 Å². The predicted molar refractivity (Wildman–Crippen MR) is 254 cm³/mol. The van der Waals surface area contributed by atoms with Gasteiger partial charge in [0.2, 0.25) is 17.7 Å². The van der Waals surface area contributed by atoms with Crippen molar-refractivity contribution in [2.75, 3.05) is 27.3 Å². The molecule has 374 valence electrons. The summed E-state index contributed by atoms with van der Waals surface area (Å²) in [4.78, 5) is 113. The normalized spacial score (nSPS) is 17.9. The minimum atomic E-state index is -1.31. The van der Waals surface area contributed by atoms with Crippen molar-refractivity contribution in [1.82, 2.24) is 21.3 Å². The van der Waals surface area contributed by atoms with Gasteiger partial charge in [0.1, 0.15) is 24.5 Å². The molecule has 18 nitrogen and oxygen atoms in total. The number of alkyl carbamates (subject to hydrolysis) is 1. The zero-order chi connectivity index (χ0) is 50.6. The van der Waals surface area contributed by atoms with Crippen molar-refractivity contribution in [3.05, 3.63) is 108 Å². The maximum atomic E-state index is 13.5. The predicted octanol–water partition coefficient (Wildman–Crippen LogP) is 4.15. The van der Waals surface area contributed by atoms with Crippen molar-refractivity contribution < 1.29 is 62.5 Å². The fourth-order valence-corrected chi connectivity index (χ4v) is 7.50. The standard InChI is InChI=1S/C29H35N3O7.C22H32N2O6/c1-38-28(36)24-18-26(34)30-15-9-8-14-23(32-29(37)39-19-21-12-6-3-7-13-21)25(33)17-22(27(35)31-24)16-20-10-4-2-5-11-20;1-15(8-6-7-11-23)19(25)13-17(12-16-9-4-3-5-10-16)21(28)24-18(14-20(26)27)22(29)30-2/h2-7,10-13,22-24H,8-9,14-19H2,1H3,(H,30,34)(H,31,35)(H,32,37);3-5,9-10,15,17-18H,6-8,11-14,23H2,1-2H3,(H,24,28)(H,26,27)/t22-,23+,24+;15-,17+,18-/m10/s1. The molecule has 1 saturated heterocycles. The Bertz CT molecular complexity index is 2120.